The van der Waals surface area contributed by atoms with Gasteiger partial charge in [-0.3, -0.25) is 0 Å². The van der Waals surface area contributed by atoms with Crippen molar-refractivity contribution in [1.82, 2.24) is 15.0 Å². The molecule has 1 aliphatic rings. The van der Waals surface area contributed by atoms with E-state index < -0.39 is 5.60 Å². The molecule has 0 fully saturated rings. The number of rotatable bonds is 4. The van der Waals surface area contributed by atoms with Gasteiger partial charge >= 0.3 is 0 Å². The molecule has 0 bridgehead atoms. The van der Waals surface area contributed by atoms with Crippen LogP contribution in [-0.2, 0) is 12.1 Å². The molecule has 1 heterocycles. The second-order valence-corrected chi connectivity index (χ2v) is 7.54. The molecule has 0 saturated carbocycles. The van der Waals surface area contributed by atoms with Crippen molar-refractivity contribution >= 4 is 0 Å². The van der Waals surface area contributed by atoms with Crippen LogP contribution in [0.5, 0.6) is 0 Å². The predicted octanol–water partition coefficient (Wildman–Crippen LogP) is 4.35. The highest BCUT2D eigenvalue weighted by Gasteiger charge is 2.43. The number of hydrogen-bond donors (Lipinski definition) is 1. The molecule has 1 N–H and O–H groups in total. The van der Waals surface area contributed by atoms with Gasteiger partial charge in [-0.25, -0.2) is 4.68 Å². The molecule has 28 heavy (non-hydrogen) atoms. The first kappa shape index (κ1) is 16.9. The fourth-order valence-corrected chi connectivity index (χ4v) is 4.29. The molecule has 1 aliphatic carbocycles. The Morgan fingerprint density at radius 1 is 0.857 bits per heavy atom. The molecule has 0 amide bonds. The quantitative estimate of drug-likeness (QED) is 0.583. The van der Waals surface area contributed by atoms with E-state index in [1.165, 1.54) is 11.1 Å². The van der Waals surface area contributed by atoms with Gasteiger partial charge < -0.3 is 5.11 Å². The van der Waals surface area contributed by atoms with E-state index in [1.54, 1.807) is 4.68 Å². The summed E-state index contributed by atoms with van der Waals surface area (Å²) in [4.78, 5) is 0. The highest BCUT2D eigenvalue weighted by molar-refractivity contribution is 5.79. The van der Waals surface area contributed by atoms with Gasteiger partial charge in [-0.05, 0) is 34.7 Å². The largest absolute Gasteiger partial charge is 0.383 e. The van der Waals surface area contributed by atoms with E-state index in [1.807, 2.05) is 55.6 Å². The number of benzene rings is 3. The van der Waals surface area contributed by atoms with E-state index >= 15 is 0 Å². The van der Waals surface area contributed by atoms with Crippen LogP contribution in [0.1, 0.15) is 35.2 Å². The molecule has 1 aromatic heterocycles. The number of nitrogens with zero attached hydrogens (tertiary/aromatic N) is 3. The summed E-state index contributed by atoms with van der Waals surface area (Å²) in [5, 5.41) is 20.2. The van der Waals surface area contributed by atoms with Crippen LogP contribution in [-0.4, -0.2) is 20.1 Å². The molecule has 0 spiro atoms. The lowest BCUT2D eigenvalue weighted by molar-refractivity contribution is 0.0360. The third-order valence-corrected chi connectivity index (χ3v) is 5.64. The zero-order valence-corrected chi connectivity index (χ0v) is 15.7. The monoisotopic (exact) mass is 367 g/mol. The molecule has 1 unspecified atom stereocenters. The van der Waals surface area contributed by atoms with Gasteiger partial charge in [0, 0.05) is 5.92 Å². The van der Waals surface area contributed by atoms with E-state index in [2.05, 4.69) is 46.7 Å². The van der Waals surface area contributed by atoms with Crippen LogP contribution in [0.15, 0.2) is 85.1 Å². The van der Waals surface area contributed by atoms with Crippen LogP contribution in [0.3, 0.4) is 0 Å². The normalized spacial score (nSPS) is 15.1. The van der Waals surface area contributed by atoms with Crippen LogP contribution in [0.4, 0.5) is 0 Å². The topological polar surface area (TPSA) is 50.9 Å². The minimum atomic E-state index is -1.17. The average molecular weight is 367 g/mol. The van der Waals surface area contributed by atoms with Crippen molar-refractivity contribution < 1.29 is 5.11 Å². The Bertz CT molecular complexity index is 1090. The summed E-state index contributed by atoms with van der Waals surface area (Å²) in [6.07, 6.45) is 1.86. The molecule has 4 aromatic rings. The fourth-order valence-electron chi connectivity index (χ4n) is 4.29. The Balaban J connectivity index is 1.54. The van der Waals surface area contributed by atoms with E-state index in [9.17, 15) is 5.11 Å². The summed E-state index contributed by atoms with van der Waals surface area (Å²) < 4.78 is 1.78. The SMILES string of the molecule is CC(O)(c1cn(Cc2ccccc2)nn1)C1c2ccccc2-c2ccccc21. The van der Waals surface area contributed by atoms with Crippen molar-refractivity contribution in [3.05, 3.63) is 107 Å². The summed E-state index contributed by atoms with van der Waals surface area (Å²) in [5.74, 6) is -0.179. The maximum atomic E-state index is 11.6. The second-order valence-electron chi connectivity index (χ2n) is 7.54. The zero-order valence-electron chi connectivity index (χ0n) is 15.7. The van der Waals surface area contributed by atoms with Gasteiger partial charge in [-0.15, -0.1) is 5.10 Å². The number of fused-ring (bicyclic) bond motifs is 3. The molecular formula is C24H21N3O. The molecule has 3 aromatic carbocycles. The highest BCUT2D eigenvalue weighted by Crippen LogP contribution is 2.51. The number of hydrogen-bond acceptors (Lipinski definition) is 3. The summed E-state index contributed by atoms with van der Waals surface area (Å²) in [6.45, 7) is 2.47. The summed E-state index contributed by atoms with van der Waals surface area (Å²) in [6, 6.07) is 26.7. The molecule has 4 heteroatoms. The third-order valence-electron chi connectivity index (χ3n) is 5.64. The van der Waals surface area contributed by atoms with Crippen molar-refractivity contribution in [2.24, 2.45) is 0 Å². The van der Waals surface area contributed by atoms with Crippen LogP contribution in [0, 0.1) is 0 Å². The summed E-state index contributed by atoms with van der Waals surface area (Å²) >= 11 is 0. The third kappa shape index (κ3) is 2.65. The average Bonchev–Trinajstić information content (AvgIpc) is 3.32. The fraction of sp³-hybridized carbons (Fsp3) is 0.167. The lowest BCUT2D eigenvalue weighted by Gasteiger charge is -2.29. The molecule has 0 saturated heterocycles. The lowest BCUT2D eigenvalue weighted by Crippen LogP contribution is -2.30. The standard InChI is InChI=1S/C24H21N3O/c1-24(28,22-16-27(26-25-22)15-17-9-3-2-4-10-17)23-20-13-7-5-11-18(20)19-12-6-8-14-21(19)23/h2-14,16,23,28H,15H2,1H3. The van der Waals surface area contributed by atoms with Crippen LogP contribution >= 0.6 is 0 Å². The van der Waals surface area contributed by atoms with Crippen LogP contribution in [0.25, 0.3) is 11.1 Å². The molecule has 5 rings (SSSR count). The van der Waals surface area contributed by atoms with Gasteiger partial charge in [0.05, 0.1) is 12.7 Å². The van der Waals surface area contributed by atoms with Gasteiger partial charge in [0.25, 0.3) is 0 Å². The number of aliphatic hydroxyl groups is 1. The first-order chi connectivity index (χ1) is 13.6. The second kappa shape index (κ2) is 6.43. The first-order valence-corrected chi connectivity index (χ1v) is 9.50. The Labute approximate surface area is 164 Å². The van der Waals surface area contributed by atoms with E-state index in [0.29, 0.717) is 12.2 Å². The zero-order chi connectivity index (χ0) is 19.1. The van der Waals surface area contributed by atoms with Crippen molar-refractivity contribution in [2.45, 2.75) is 25.0 Å². The van der Waals surface area contributed by atoms with Gasteiger partial charge in [-0.2, -0.15) is 0 Å². The maximum Gasteiger partial charge on any atom is 0.118 e. The van der Waals surface area contributed by atoms with Gasteiger partial charge in [0.15, 0.2) is 0 Å². The molecule has 4 nitrogen and oxygen atoms in total. The minimum absolute atomic E-state index is 0.179. The minimum Gasteiger partial charge on any atom is -0.383 e. The molecular weight excluding hydrogens is 346 g/mol. The summed E-state index contributed by atoms with van der Waals surface area (Å²) in [5.41, 5.74) is 5.19. The summed E-state index contributed by atoms with van der Waals surface area (Å²) in [7, 11) is 0. The van der Waals surface area contributed by atoms with E-state index in [-0.39, 0.29) is 5.92 Å². The Morgan fingerprint density at radius 2 is 1.43 bits per heavy atom. The van der Waals surface area contributed by atoms with E-state index in [4.69, 9.17) is 0 Å². The lowest BCUT2D eigenvalue weighted by atomic mass is 9.80. The number of aromatic nitrogens is 3. The van der Waals surface area contributed by atoms with Crippen molar-refractivity contribution in [3.8, 4) is 11.1 Å². The highest BCUT2D eigenvalue weighted by atomic mass is 16.3. The van der Waals surface area contributed by atoms with Gasteiger partial charge in [-0.1, -0.05) is 84.1 Å². The van der Waals surface area contributed by atoms with Gasteiger partial charge in [0.1, 0.15) is 11.3 Å². The molecule has 0 radical (unpaired) electrons. The Hall–Kier alpha value is -3.24. The smallest absolute Gasteiger partial charge is 0.118 e. The molecule has 1 atom stereocenters. The Morgan fingerprint density at radius 3 is 2.07 bits per heavy atom. The Kier molecular flexibility index (Phi) is 3.88. The van der Waals surface area contributed by atoms with E-state index in [0.717, 1.165) is 16.7 Å². The van der Waals surface area contributed by atoms with Crippen molar-refractivity contribution in [2.75, 3.05) is 0 Å². The van der Waals surface area contributed by atoms with Crippen LogP contribution in [0.2, 0.25) is 0 Å². The predicted molar refractivity (Wildman–Crippen MR) is 109 cm³/mol. The van der Waals surface area contributed by atoms with Gasteiger partial charge in [0.2, 0.25) is 0 Å². The first-order valence-electron chi connectivity index (χ1n) is 9.50. The van der Waals surface area contributed by atoms with Crippen molar-refractivity contribution in [1.29, 1.82) is 0 Å². The molecule has 0 aliphatic heterocycles. The molecule has 138 valence electrons. The maximum absolute atomic E-state index is 11.6. The van der Waals surface area contributed by atoms with Crippen molar-refractivity contribution in [3.63, 3.8) is 0 Å². The van der Waals surface area contributed by atoms with Crippen LogP contribution < -0.4 is 0 Å².